The van der Waals surface area contributed by atoms with Crippen molar-refractivity contribution in [2.45, 2.75) is 51.0 Å². The van der Waals surface area contributed by atoms with Crippen molar-refractivity contribution in [2.75, 3.05) is 19.6 Å². The summed E-state index contributed by atoms with van der Waals surface area (Å²) < 4.78 is 0. The number of carboxylic acids is 1. The van der Waals surface area contributed by atoms with Gasteiger partial charge in [0.15, 0.2) is 0 Å². The molecule has 0 aliphatic carbocycles. The van der Waals surface area contributed by atoms with E-state index in [4.69, 9.17) is 0 Å². The SMILES string of the molecule is O=C(O)C1CCCCCN1C(=O)CCC1CCNC1. The van der Waals surface area contributed by atoms with Crippen LogP contribution in [0.1, 0.15) is 44.9 Å². The number of hydrogen-bond donors (Lipinski definition) is 2. The Hall–Kier alpha value is -1.10. The van der Waals surface area contributed by atoms with Crippen LogP contribution in [0.15, 0.2) is 0 Å². The number of rotatable bonds is 4. The molecule has 5 heteroatoms. The fraction of sp³-hybridized carbons (Fsp3) is 0.857. The molecule has 0 aromatic heterocycles. The monoisotopic (exact) mass is 268 g/mol. The van der Waals surface area contributed by atoms with E-state index in [-0.39, 0.29) is 5.91 Å². The Bertz CT molecular complexity index is 327. The normalized spacial score (nSPS) is 28.1. The first-order chi connectivity index (χ1) is 9.18. The van der Waals surface area contributed by atoms with Gasteiger partial charge in [0.05, 0.1) is 0 Å². The molecule has 0 aromatic rings. The molecule has 2 rings (SSSR count). The number of carbonyl (C=O) groups is 2. The Balaban J connectivity index is 1.88. The van der Waals surface area contributed by atoms with Crippen LogP contribution in [0.3, 0.4) is 0 Å². The molecule has 0 aromatic carbocycles. The van der Waals surface area contributed by atoms with Gasteiger partial charge in [-0.2, -0.15) is 0 Å². The van der Waals surface area contributed by atoms with Crippen LogP contribution < -0.4 is 5.32 Å². The number of hydrogen-bond acceptors (Lipinski definition) is 3. The molecule has 5 nitrogen and oxygen atoms in total. The lowest BCUT2D eigenvalue weighted by molar-refractivity contribution is -0.150. The summed E-state index contributed by atoms with van der Waals surface area (Å²) in [6.07, 6.45) is 5.99. The molecule has 19 heavy (non-hydrogen) atoms. The predicted molar refractivity (Wildman–Crippen MR) is 71.8 cm³/mol. The Morgan fingerprint density at radius 3 is 2.74 bits per heavy atom. The number of nitrogens with one attached hydrogen (secondary N) is 1. The summed E-state index contributed by atoms with van der Waals surface area (Å²) in [6.45, 7) is 2.65. The van der Waals surface area contributed by atoms with E-state index in [2.05, 4.69) is 5.32 Å². The van der Waals surface area contributed by atoms with Crippen LogP contribution >= 0.6 is 0 Å². The Kier molecular flexibility index (Phi) is 5.19. The average molecular weight is 268 g/mol. The Morgan fingerprint density at radius 2 is 2.05 bits per heavy atom. The highest BCUT2D eigenvalue weighted by molar-refractivity contribution is 5.83. The lowest BCUT2D eigenvalue weighted by Gasteiger charge is -2.27. The highest BCUT2D eigenvalue weighted by Crippen LogP contribution is 2.20. The van der Waals surface area contributed by atoms with Gasteiger partial charge in [-0.3, -0.25) is 4.79 Å². The van der Waals surface area contributed by atoms with Crippen molar-refractivity contribution in [1.82, 2.24) is 10.2 Å². The summed E-state index contributed by atoms with van der Waals surface area (Å²) in [4.78, 5) is 25.2. The van der Waals surface area contributed by atoms with Crippen LogP contribution in [0.5, 0.6) is 0 Å². The van der Waals surface area contributed by atoms with Gasteiger partial charge in [0.2, 0.25) is 5.91 Å². The zero-order valence-corrected chi connectivity index (χ0v) is 11.4. The smallest absolute Gasteiger partial charge is 0.326 e. The van der Waals surface area contributed by atoms with Gasteiger partial charge in [0.1, 0.15) is 6.04 Å². The highest BCUT2D eigenvalue weighted by Gasteiger charge is 2.30. The maximum atomic E-state index is 12.3. The maximum absolute atomic E-state index is 12.3. The topological polar surface area (TPSA) is 69.6 Å². The second-order valence-corrected chi connectivity index (χ2v) is 5.69. The summed E-state index contributed by atoms with van der Waals surface area (Å²) in [5.74, 6) is -0.238. The van der Waals surface area contributed by atoms with Crippen molar-refractivity contribution < 1.29 is 14.7 Å². The van der Waals surface area contributed by atoms with E-state index >= 15 is 0 Å². The van der Waals surface area contributed by atoms with E-state index in [1.807, 2.05) is 0 Å². The van der Waals surface area contributed by atoms with Crippen molar-refractivity contribution in [3.63, 3.8) is 0 Å². The lowest BCUT2D eigenvalue weighted by Crippen LogP contribution is -2.44. The average Bonchev–Trinajstić information content (AvgIpc) is 2.77. The van der Waals surface area contributed by atoms with E-state index in [1.54, 1.807) is 4.90 Å². The van der Waals surface area contributed by atoms with Crippen molar-refractivity contribution in [2.24, 2.45) is 5.92 Å². The molecule has 0 spiro atoms. The van der Waals surface area contributed by atoms with Crippen LogP contribution in [0.2, 0.25) is 0 Å². The van der Waals surface area contributed by atoms with Gasteiger partial charge in [-0.15, -0.1) is 0 Å². The first-order valence-electron chi connectivity index (χ1n) is 7.41. The molecule has 108 valence electrons. The quantitative estimate of drug-likeness (QED) is 0.804. The molecule has 0 radical (unpaired) electrons. The van der Waals surface area contributed by atoms with Gasteiger partial charge in [-0.1, -0.05) is 12.8 Å². The maximum Gasteiger partial charge on any atom is 0.326 e. The minimum atomic E-state index is -0.849. The molecular formula is C14H24N2O3. The van der Waals surface area contributed by atoms with E-state index < -0.39 is 12.0 Å². The van der Waals surface area contributed by atoms with Crippen LogP contribution in [0.4, 0.5) is 0 Å². The Morgan fingerprint density at radius 1 is 1.21 bits per heavy atom. The number of carboxylic acid groups (broad SMARTS) is 1. The minimum absolute atomic E-state index is 0.0289. The van der Waals surface area contributed by atoms with Gasteiger partial charge >= 0.3 is 5.97 Å². The second-order valence-electron chi connectivity index (χ2n) is 5.69. The molecular weight excluding hydrogens is 244 g/mol. The van der Waals surface area contributed by atoms with Crippen LogP contribution in [0.25, 0.3) is 0 Å². The summed E-state index contributed by atoms with van der Waals surface area (Å²) in [5, 5.41) is 12.6. The molecule has 2 heterocycles. The predicted octanol–water partition coefficient (Wildman–Crippen LogP) is 1.23. The van der Waals surface area contributed by atoms with Crippen molar-refractivity contribution in [3.8, 4) is 0 Å². The third-order valence-corrected chi connectivity index (χ3v) is 4.29. The zero-order valence-electron chi connectivity index (χ0n) is 11.4. The third kappa shape index (κ3) is 3.93. The molecule has 0 saturated carbocycles. The molecule has 2 unspecified atom stereocenters. The minimum Gasteiger partial charge on any atom is -0.480 e. The first-order valence-corrected chi connectivity index (χ1v) is 7.41. The highest BCUT2D eigenvalue weighted by atomic mass is 16.4. The van der Waals surface area contributed by atoms with Crippen LogP contribution in [-0.4, -0.2) is 47.6 Å². The first kappa shape index (κ1) is 14.3. The zero-order chi connectivity index (χ0) is 13.7. The van der Waals surface area contributed by atoms with Crippen molar-refractivity contribution in [1.29, 1.82) is 0 Å². The number of carbonyl (C=O) groups excluding carboxylic acids is 1. The molecule has 2 aliphatic heterocycles. The standard InChI is InChI=1S/C14H24N2O3/c17-13(6-5-11-7-8-15-10-11)16-9-3-1-2-4-12(16)14(18)19/h11-12,15H,1-10H2,(H,18,19). The van der Waals surface area contributed by atoms with Gasteiger partial charge in [-0.25, -0.2) is 4.79 Å². The fourth-order valence-electron chi connectivity index (χ4n) is 3.10. The van der Waals surface area contributed by atoms with E-state index in [9.17, 15) is 14.7 Å². The number of amides is 1. The van der Waals surface area contributed by atoms with Crippen molar-refractivity contribution in [3.05, 3.63) is 0 Å². The molecule has 2 N–H and O–H groups in total. The molecule has 2 saturated heterocycles. The summed E-state index contributed by atoms with van der Waals surface area (Å²) in [5.41, 5.74) is 0. The molecule has 2 aliphatic rings. The van der Waals surface area contributed by atoms with E-state index in [1.165, 1.54) is 0 Å². The Labute approximate surface area is 114 Å². The summed E-state index contributed by atoms with van der Waals surface area (Å²) in [6, 6.07) is -0.600. The fourth-order valence-corrected chi connectivity index (χ4v) is 3.10. The van der Waals surface area contributed by atoms with Gasteiger partial charge in [0.25, 0.3) is 0 Å². The third-order valence-electron chi connectivity index (χ3n) is 4.29. The number of likely N-dealkylation sites (tertiary alicyclic amines) is 1. The second kappa shape index (κ2) is 6.89. The largest absolute Gasteiger partial charge is 0.480 e. The summed E-state index contributed by atoms with van der Waals surface area (Å²) >= 11 is 0. The molecule has 2 atom stereocenters. The number of aliphatic carboxylic acids is 1. The lowest BCUT2D eigenvalue weighted by atomic mass is 10.0. The molecule has 1 amide bonds. The van der Waals surface area contributed by atoms with Gasteiger partial charge in [0, 0.05) is 13.0 Å². The van der Waals surface area contributed by atoms with Crippen LogP contribution in [-0.2, 0) is 9.59 Å². The molecule has 0 bridgehead atoms. The van der Waals surface area contributed by atoms with E-state index in [0.29, 0.717) is 25.3 Å². The summed E-state index contributed by atoms with van der Waals surface area (Å²) in [7, 11) is 0. The van der Waals surface area contributed by atoms with Gasteiger partial charge in [-0.05, 0) is 44.7 Å². The van der Waals surface area contributed by atoms with E-state index in [0.717, 1.165) is 45.2 Å². The number of nitrogens with zero attached hydrogens (tertiary/aromatic N) is 1. The van der Waals surface area contributed by atoms with Crippen LogP contribution in [0, 0.1) is 5.92 Å². The van der Waals surface area contributed by atoms with Gasteiger partial charge < -0.3 is 15.3 Å². The van der Waals surface area contributed by atoms with Crippen molar-refractivity contribution >= 4 is 11.9 Å². The molecule has 2 fully saturated rings.